The molecule has 2 aromatic rings. The highest BCUT2D eigenvalue weighted by molar-refractivity contribution is 5.94. The summed E-state index contributed by atoms with van der Waals surface area (Å²) in [5.41, 5.74) is 2.57. The molecule has 0 saturated carbocycles. The molecule has 1 aliphatic rings. The van der Waals surface area contributed by atoms with Crippen molar-refractivity contribution in [2.45, 2.75) is 25.5 Å². The lowest BCUT2D eigenvalue weighted by Crippen LogP contribution is -2.31. The maximum atomic E-state index is 12.8. The highest BCUT2D eigenvalue weighted by atomic mass is 16.5. The standard InChI is InChI=1S/C17H19N3O2/c1-22-12-13-4-2-5-14(10-13)17(21)20-9-3-6-16(20)15-11-18-7-8-19-15/h2,4-5,7-8,10-11,16H,3,6,9,12H2,1H3/t16-/m1/s1. The zero-order valence-corrected chi connectivity index (χ0v) is 12.6. The molecule has 5 heteroatoms. The van der Waals surface area contributed by atoms with Crippen LogP contribution in [-0.4, -0.2) is 34.4 Å². The van der Waals surface area contributed by atoms with Crippen molar-refractivity contribution >= 4 is 5.91 Å². The summed E-state index contributed by atoms with van der Waals surface area (Å²) in [6.07, 6.45) is 7.00. The van der Waals surface area contributed by atoms with Crippen LogP contribution < -0.4 is 0 Å². The largest absolute Gasteiger partial charge is 0.380 e. The van der Waals surface area contributed by atoms with E-state index in [9.17, 15) is 4.79 Å². The lowest BCUT2D eigenvalue weighted by Gasteiger charge is -2.24. The second-order valence-electron chi connectivity index (χ2n) is 5.42. The number of methoxy groups -OCH3 is 1. The Hall–Kier alpha value is -2.27. The summed E-state index contributed by atoms with van der Waals surface area (Å²) in [6, 6.07) is 7.64. The van der Waals surface area contributed by atoms with Gasteiger partial charge in [0.25, 0.3) is 5.91 Å². The number of hydrogen-bond acceptors (Lipinski definition) is 4. The minimum Gasteiger partial charge on any atom is -0.380 e. The molecule has 1 aliphatic heterocycles. The third-order valence-corrected chi connectivity index (χ3v) is 3.92. The highest BCUT2D eigenvalue weighted by Gasteiger charge is 2.31. The van der Waals surface area contributed by atoms with Crippen LogP contribution in [-0.2, 0) is 11.3 Å². The van der Waals surface area contributed by atoms with E-state index in [1.165, 1.54) is 0 Å². The molecular formula is C17H19N3O2. The first-order valence-electron chi connectivity index (χ1n) is 7.44. The van der Waals surface area contributed by atoms with Gasteiger partial charge < -0.3 is 9.64 Å². The Kier molecular flexibility index (Phi) is 4.44. The Morgan fingerprint density at radius 1 is 1.41 bits per heavy atom. The molecule has 0 N–H and O–H groups in total. The van der Waals surface area contributed by atoms with Crippen LogP contribution in [0.3, 0.4) is 0 Å². The van der Waals surface area contributed by atoms with Crippen molar-refractivity contribution in [3.63, 3.8) is 0 Å². The van der Waals surface area contributed by atoms with Gasteiger partial charge in [-0.1, -0.05) is 12.1 Å². The zero-order chi connectivity index (χ0) is 15.4. The number of nitrogens with zero attached hydrogens (tertiary/aromatic N) is 3. The van der Waals surface area contributed by atoms with Crippen molar-refractivity contribution in [2.75, 3.05) is 13.7 Å². The molecule has 0 radical (unpaired) electrons. The van der Waals surface area contributed by atoms with Gasteiger partial charge in [-0.25, -0.2) is 0 Å². The predicted octanol–water partition coefficient (Wildman–Crippen LogP) is 2.60. The van der Waals surface area contributed by atoms with Crippen LogP contribution in [0.2, 0.25) is 0 Å². The van der Waals surface area contributed by atoms with Gasteiger partial charge in [-0.2, -0.15) is 0 Å². The third kappa shape index (κ3) is 2.99. The summed E-state index contributed by atoms with van der Waals surface area (Å²) in [4.78, 5) is 23.2. The van der Waals surface area contributed by atoms with Crippen LogP contribution in [0.15, 0.2) is 42.9 Å². The molecule has 1 amide bonds. The molecule has 3 rings (SSSR count). The van der Waals surface area contributed by atoms with Gasteiger partial charge >= 0.3 is 0 Å². The topological polar surface area (TPSA) is 55.3 Å². The minimum absolute atomic E-state index is 0.0206. The first-order chi connectivity index (χ1) is 10.8. The zero-order valence-electron chi connectivity index (χ0n) is 12.6. The van der Waals surface area contributed by atoms with Crippen LogP contribution in [0.4, 0.5) is 0 Å². The van der Waals surface area contributed by atoms with E-state index in [0.29, 0.717) is 12.2 Å². The molecule has 5 nitrogen and oxygen atoms in total. The predicted molar refractivity (Wildman–Crippen MR) is 82.2 cm³/mol. The molecule has 0 bridgehead atoms. The summed E-state index contributed by atoms with van der Waals surface area (Å²) in [7, 11) is 1.65. The fraction of sp³-hybridized carbons (Fsp3) is 0.353. The molecule has 0 aliphatic carbocycles. The van der Waals surface area contributed by atoms with Gasteiger partial charge in [0.05, 0.1) is 24.5 Å². The number of hydrogen-bond donors (Lipinski definition) is 0. The number of likely N-dealkylation sites (tertiary alicyclic amines) is 1. The van der Waals surface area contributed by atoms with Crippen LogP contribution in [0.25, 0.3) is 0 Å². The molecular weight excluding hydrogens is 278 g/mol. The van der Waals surface area contributed by atoms with Crippen molar-refractivity contribution in [3.8, 4) is 0 Å². The van der Waals surface area contributed by atoms with Gasteiger partial charge in [0.1, 0.15) is 0 Å². The minimum atomic E-state index is 0.0206. The Morgan fingerprint density at radius 3 is 3.09 bits per heavy atom. The Morgan fingerprint density at radius 2 is 2.32 bits per heavy atom. The summed E-state index contributed by atoms with van der Waals surface area (Å²) >= 11 is 0. The van der Waals surface area contributed by atoms with Crippen LogP contribution in [0.1, 0.15) is 40.5 Å². The summed E-state index contributed by atoms with van der Waals surface area (Å²) in [5.74, 6) is 0.0473. The monoisotopic (exact) mass is 297 g/mol. The van der Waals surface area contributed by atoms with Crippen LogP contribution in [0.5, 0.6) is 0 Å². The van der Waals surface area contributed by atoms with Gasteiger partial charge in [0.2, 0.25) is 0 Å². The molecule has 0 spiro atoms. The molecule has 1 aromatic heterocycles. The number of carbonyl (C=O) groups is 1. The lowest BCUT2D eigenvalue weighted by atomic mass is 10.1. The van der Waals surface area contributed by atoms with E-state index in [2.05, 4.69) is 9.97 Å². The number of aromatic nitrogens is 2. The molecule has 22 heavy (non-hydrogen) atoms. The van der Waals surface area contributed by atoms with E-state index in [0.717, 1.165) is 30.6 Å². The van der Waals surface area contributed by atoms with Crippen molar-refractivity contribution in [1.82, 2.24) is 14.9 Å². The number of carbonyl (C=O) groups excluding carboxylic acids is 1. The second kappa shape index (κ2) is 6.66. The van der Waals surface area contributed by atoms with Gasteiger partial charge in [-0.15, -0.1) is 0 Å². The SMILES string of the molecule is COCc1cccc(C(=O)N2CCC[C@@H]2c2cnccn2)c1. The summed E-state index contributed by atoms with van der Waals surface area (Å²) in [6.45, 7) is 1.27. The van der Waals surface area contributed by atoms with Gasteiger partial charge in [0.15, 0.2) is 0 Å². The quantitative estimate of drug-likeness (QED) is 0.870. The van der Waals surface area contributed by atoms with Gasteiger partial charge in [-0.3, -0.25) is 14.8 Å². The van der Waals surface area contributed by atoms with E-state index >= 15 is 0 Å². The number of amides is 1. The number of benzene rings is 1. The maximum absolute atomic E-state index is 12.8. The fourth-order valence-corrected chi connectivity index (χ4v) is 2.93. The summed E-state index contributed by atoms with van der Waals surface area (Å²) < 4.78 is 5.14. The Bertz CT molecular complexity index is 645. The Labute approximate surface area is 130 Å². The first kappa shape index (κ1) is 14.7. The Balaban J connectivity index is 1.83. The van der Waals surface area contributed by atoms with Crippen molar-refractivity contribution < 1.29 is 9.53 Å². The normalized spacial score (nSPS) is 17.7. The second-order valence-corrected chi connectivity index (χ2v) is 5.42. The van der Waals surface area contributed by atoms with Crippen LogP contribution >= 0.6 is 0 Å². The molecule has 1 aromatic carbocycles. The van der Waals surface area contributed by atoms with Gasteiger partial charge in [0, 0.05) is 31.6 Å². The van der Waals surface area contributed by atoms with E-state index < -0.39 is 0 Å². The molecule has 114 valence electrons. The first-order valence-corrected chi connectivity index (χ1v) is 7.44. The third-order valence-electron chi connectivity index (χ3n) is 3.92. The van der Waals surface area contributed by atoms with E-state index in [-0.39, 0.29) is 11.9 Å². The van der Waals surface area contributed by atoms with Crippen LogP contribution in [0, 0.1) is 0 Å². The van der Waals surface area contributed by atoms with E-state index in [1.807, 2.05) is 29.2 Å². The van der Waals surface area contributed by atoms with Gasteiger partial charge in [-0.05, 0) is 30.5 Å². The molecule has 0 unspecified atom stereocenters. The van der Waals surface area contributed by atoms with Crippen molar-refractivity contribution in [1.29, 1.82) is 0 Å². The number of ether oxygens (including phenoxy) is 1. The molecule has 1 fully saturated rings. The lowest BCUT2D eigenvalue weighted by molar-refractivity contribution is 0.0732. The van der Waals surface area contributed by atoms with Crippen molar-refractivity contribution in [2.24, 2.45) is 0 Å². The smallest absolute Gasteiger partial charge is 0.254 e. The molecule has 1 atom stereocenters. The average Bonchev–Trinajstić information content (AvgIpc) is 3.05. The fourth-order valence-electron chi connectivity index (χ4n) is 2.93. The number of rotatable bonds is 4. The maximum Gasteiger partial charge on any atom is 0.254 e. The highest BCUT2D eigenvalue weighted by Crippen LogP contribution is 2.31. The molecule has 1 saturated heterocycles. The van der Waals surface area contributed by atoms with Crippen molar-refractivity contribution in [3.05, 3.63) is 59.7 Å². The van der Waals surface area contributed by atoms with E-state index in [1.54, 1.807) is 25.7 Å². The molecule has 2 heterocycles. The van der Waals surface area contributed by atoms with E-state index in [4.69, 9.17) is 4.74 Å². The summed E-state index contributed by atoms with van der Waals surface area (Å²) in [5, 5.41) is 0. The average molecular weight is 297 g/mol.